The Balaban J connectivity index is 2.20. The number of rotatable bonds is 2. The molecular weight excluding hydrogens is 204 g/mol. The molecule has 15 heavy (non-hydrogen) atoms. The lowest BCUT2D eigenvalue weighted by molar-refractivity contribution is -0.142. The van der Waals surface area contributed by atoms with Crippen LogP contribution in [0, 0.1) is 0 Å². The Morgan fingerprint density at radius 3 is 2.67 bits per heavy atom. The number of carboxylic acids is 1. The monoisotopic (exact) mass is 214 g/mol. The first kappa shape index (κ1) is 9.56. The quantitative estimate of drug-likeness (QED) is 0.446. The molecule has 0 aliphatic carbocycles. The number of nitrogens with zero attached hydrogens (tertiary/aromatic N) is 1. The maximum atomic E-state index is 11.4. The Morgan fingerprint density at radius 1 is 1.40 bits per heavy atom. The van der Waals surface area contributed by atoms with Gasteiger partial charge in [0.25, 0.3) is 0 Å². The summed E-state index contributed by atoms with van der Waals surface area (Å²) in [6.45, 7) is 1.38. The first-order valence-corrected chi connectivity index (χ1v) is 4.39. The van der Waals surface area contributed by atoms with Crippen molar-refractivity contribution in [3.05, 3.63) is 0 Å². The van der Waals surface area contributed by atoms with E-state index in [0.29, 0.717) is 0 Å². The zero-order valence-electron chi connectivity index (χ0n) is 7.85. The molecule has 2 fully saturated rings. The molecule has 8 nitrogen and oxygen atoms in total. The van der Waals surface area contributed by atoms with E-state index in [1.165, 1.54) is 6.92 Å². The van der Waals surface area contributed by atoms with Gasteiger partial charge in [0, 0.05) is 0 Å². The normalized spacial score (nSPS) is 30.3. The van der Waals surface area contributed by atoms with Gasteiger partial charge in [0.05, 0.1) is 0 Å². The van der Waals surface area contributed by atoms with E-state index in [9.17, 15) is 14.4 Å². The molecule has 2 rings (SSSR count). The van der Waals surface area contributed by atoms with Gasteiger partial charge in [-0.25, -0.2) is 14.4 Å². The first-order chi connectivity index (χ1) is 7.00. The topological polar surface area (TPSA) is 111 Å². The lowest BCUT2D eigenvalue weighted by Crippen LogP contribution is -2.50. The van der Waals surface area contributed by atoms with Crippen molar-refractivity contribution >= 4 is 18.0 Å². The van der Waals surface area contributed by atoms with Gasteiger partial charge >= 0.3 is 18.0 Å². The van der Waals surface area contributed by atoms with Crippen molar-refractivity contribution in [2.45, 2.75) is 25.3 Å². The molecule has 2 saturated heterocycles. The second-order valence-electron chi connectivity index (χ2n) is 3.41. The Labute approximate surface area is 84.6 Å². The van der Waals surface area contributed by atoms with Crippen LogP contribution in [0.15, 0.2) is 0 Å². The molecule has 2 aliphatic rings. The fraction of sp³-hybridized carbons (Fsp3) is 0.571. The first-order valence-electron chi connectivity index (χ1n) is 4.39. The number of hydrogen-bond donors (Lipinski definition) is 4. The van der Waals surface area contributed by atoms with Crippen molar-refractivity contribution in [1.82, 2.24) is 20.9 Å². The van der Waals surface area contributed by atoms with Crippen LogP contribution < -0.4 is 16.0 Å². The number of carbonyl (C=O) groups excluding carboxylic acids is 2. The second kappa shape index (κ2) is 3.01. The van der Waals surface area contributed by atoms with Crippen LogP contribution in [0.5, 0.6) is 0 Å². The Bertz CT molecular complexity index is 344. The molecule has 0 bridgehead atoms. The van der Waals surface area contributed by atoms with Crippen molar-refractivity contribution < 1.29 is 19.5 Å². The SMILES string of the molecule is C[C@H](C(=O)O)N1C(=O)N[C@@H]2NC(=O)N[C@@H]21. The predicted molar refractivity (Wildman–Crippen MR) is 46.7 cm³/mol. The van der Waals surface area contributed by atoms with Gasteiger partial charge in [0.1, 0.15) is 18.4 Å². The van der Waals surface area contributed by atoms with Gasteiger partial charge in [-0.05, 0) is 6.92 Å². The van der Waals surface area contributed by atoms with E-state index in [1.54, 1.807) is 0 Å². The predicted octanol–water partition coefficient (Wildman–Crippen LogP) is -1.55. The van der Waals surface area contributed by atoms with Gasteiger partial charge in [-0.2, -0.15) is 0 Å². The lowest BCUT2D eigenvalue weighted by atomic mass is 10.3. The maximum Gasteiger partial charge on any atom is 0.326 e. The number of carboxylic acid groups (broad SMARTS) is 1. The zero-order valence-corrected chi connectivity index (χ0v) is 7.85. The van der Waals surface area contributed by atoms with E-state index in [1.807, 2.05) is 0 Å². The Hall–Kier alpha value is -1.99. The summed E-state index contributed by atoms with van der Waals surface area (Å²) in [6.07, 6.45) is -1.21. The van der Waals surface area contributed by atoms with Crippen molar-refractivity contribution in [2.75, 3.05) is 0 Å². The number of nitrogens with one attached hydrogen (secondary N) is 3. The molecule has 4 N–H and O–H groups in total. The summed E-state index contributed by atoms with van der Waals surface area (Å²) in [5.74, 6) is -1.12. The number of amides is 4. The van der Waals surface area contributed by atoms with Crippen molar-refractivity contribution in [2.24, 2.45) is 0 Å². The molecule has 4 amide bonds. The highest BCUT2D eigenvalue weighted by molar-refractivity contribution is 5.88. The van der Waals surface area contributed by atoms with E-state index in [0.717, 1.165) is 4.90 Å². The highest BCUT2D eigenvalue weighted by Gasteiger charge is 2.48. The van der Waals surface area contributed by atoms with Crippen LogP contribution in [0.4, 0.5) is 9.59 Å². The smallest absolute Gasteiger partial charge is 0.326 e. The zero-order chi connectivity index (χ0) is 11.2. The molecule has 2 heterocycles. The minimum atomic E-state index is -1.12. The van der Waals surface area contributed by atoms with Gasteiger partial charge < -0.3 is 21.1 Å². The standard InChI is InChI=1S/C7H10N4O4/c1-2(5(12)13)11-4-3(9-7(11)15)8-6(14)10-4/h2-4H,1H3,(H,9,15)(H,12,13)(H2,8,10,14)/t2-,3+,4-/m1/s1. The third-order valence-corrected chi connectivity index (χ3v) is 2.47. The third-order valence-electron chi connectivity index (χ3n) is 2.47. The molecule has 0 unspecified atom stereocenters. The molecule has 0 aromatic carbocycles. The summed E-state index contributed by atoms with van der Waals surface area (Å²) in [4.78, 5) is 34.2. The van der Waals surface area contributed by atoms with Crippen LogP contribution in [0.2, 0.25) is 0 Å². The largest absolute Gasteiger partial charge is 0.480 e. The molecule has 2 aliphatic heterocycles. The van der Waals surface area contributed by atoms with Crippen molar-refractivity contribution in [3.8, 4) is 0 Å². The van der Waals surface area contributed by atoms with E-state index in [4.69, 9.17) is 5.11 Å². The van der Waals surface area contributed by atoms with Gasteiger partial charge in [-0.3, -0.25) is 4.90 Å². The van der Waals surface area contributed by atoms with Crippen LogP contribution in [0.25, 0.3) is 0 Å². The second-order valence-corrected chi connectivity index (χ2v) is 3.41. The van der Waals surface area contributed by atoms with Crippen LogP contribution in [0.3, 0.4) is 0 Å². The van der Waals surface area contributed by atoms with Gasteiger partial charge in [0.15, 0.2) is 0 Å². The molecule has 0 radical (unpaired) electrons. The maximum absolute atomic E-state index is 11.4. The molecule has 0 aromatic rings. The summed E-state index contributed by atoms with van der Waals surface area (Å²) < 4.78 is 0. The molecule has 0 aromatic heterocycles. The molecule has 82 valence electrons. The molecular formula is C7H10N4O4. The average molecular weight is 214 g/mol. The molecule has 0 spiro atoms. The summed E-state index contributed by atoms with van der Waals surface area (Å²) >= 11 is 0. The van der Waals surface area contributed by atoms with Crippen LogP contribution in [-0.2, 0) is 4.79 Å². The number of urea groups is 2. The van der Waals surface area contributed by atoms with Crippen molar-refractivity contribution in [3.63, 3.8) is 0 Å². The van der Waals surface area contributed by atoms with Crippen LogP contribution in [0.1, 0.15) is 6.92 Å². The minimum Gasteiger partial charge on any atom is -0.480 e. The van der Waals surface area contributed by atoms with Crippen molar-refractivity contribution in [1.29, 1.82) is 0 Å². The van der Waals surface area contributed by atoms with Gasteiger partial charge in [0.2, 0.25) is 0 Å². The minimum absolute atomic E-state index is 0.424. The Kier molecular flexibility index (Phi) is 1.92. The van der Waals surface area contributed by atoms with Gasteiger partial charge in [-0.1, -0.05) is 0 Å². The molecule has 8 heteroatoms. The average Bonchev–Trinajstić information content (AvgIpc) is 2.58. The lowest BCUT2D eigenvalue weighted by Gasteiger charge is -2.24. The summed E-state index contributed by atoms with van der Waals surface area (Å²) in [5.41, 5.74) is 0. The van der Waals surface area contributed by atoms with E-state index < -0.39 is 36.4 Å². The van der Waals surface area contributed by atoms with Crippen LogP contribution >= 0.6 is 0 Å². The molecule has 3 atom stereocenters. The third kappa shape index (κ3) is 1.34. The summed E-state index contributed by atoms with van der Waals surface area (Å²) in [7, 11) is 0. The number of fused-ring (bicyclic) bond motifs is 1. The number of aliphatic carboxylic acids is 1. The summed E-state index contributed by atoms with van der Waals surface area (Å²) in [6, 6.07) is -1.92. The summed E-state index contributed by atoms with van der Waals surface area (Å²) in [5, 5.41) is 16.2. The number of hydrogen-bond acceptors (Lipinski definition) is 3. The van der Waals surface area contributed by atoms with Crippen LogP contribution in [-0.4, -0.2) is 46.4 Å². The van der Waals surface area contributed by atoms with Gasteiger partial charge in [-0.15, -0.1) is 0 Å². The highest BCUT2D eigenvalue weighted by Crippen LogP contribution is 2.17. The van der Waals surface area contributed by atoms with E-state index >= 15 is 0 Å². The molecule has 0 saturated carbocycles. The number of carbonyl (C=O) groups is 3. The fourth-order valence-electron chi connectivity index (χ4n) is 1.69. The highest BCUT2D eigenvalue weighted by atomic mass is 16.4. The van der Waals surface area contributed by atoms with E-state index in [-0.39, 0.29) is 0 Å². The van der Waals surface area contributed by atoms with E-state index in [2.05, 4.69) is 16.0 Å². The Morgan fingerprint density at radius 2 is 2.07 bits per heavy atom. The fourth-order valence-corrected chi connectivity index (χ4v) is 1.69.